The Hall–Kier alpha value is -3.11. The average Bonchev–Trinajstić information content (AvgIpc) is 2.73. The Morgan fingerprint density at radius 2 is 1.36 bits per heavy atom. The number of carbonyl (C=O) groups excluding carboxylic acids is 2. The molecule has 1 amide bonds. The van der Waals surface area contributed by atoms with E-state index in [1.807, 2.05) is 60.7 Å². The van der Waals surface area contributed by atoms with E-state index < -0.39 is 5.97 Å². The highest BCUT2D eigenvalue weighted by molar-refractivity contribution is 6.31. The largest absolute Gasteiger partial charge is 0.455 e. The fraction of sp³-hybridized carbons (Fsp3) is 0.130. The van der Waals surface area contributed by atoms with Crippen molar-refractivity contribution in [3.05, 3.63) is 107 Å². The molecule has 0 atom stereocenters. The van der Waals surface area contributed by atoms with Gasteiger partial charge in [-0.2, -0.15) is 0 Å². The Morgan fingerprint density at radius 3 is 1.93 bits per heavy atom. The molecule has 0 saturated heterocycles. The highest BCUT2D eigenvalue weighted by atomic mass is 35.5. The van der Waals surface area contributed by atoms with Crippen LogP contribution in [0.1, 0.15) is 22.7 Å². The first-order valence-corrected chi connectivity index (χ1v) is 9.29. The second-order valence-electron chi connectivity index (χ2n) is 6.25. The number of hydrogen-bond donors (Lipinski definition) is 1. The van der Waals surface area contributed by atoms with E-state index >= 15 is 0 Å². The minimum atomic E-state index is -0.501. The highest BCUT2D eigenvalue weighted by Crippen LogP contribution is 2.21. The van der Waals surface area contributed by atoms with Crippen LogP contribution in [-0.2, 0) is 20.7 Å². The predicted octanol–water partition coefficient (Wildman–Crippen LogP) is 4.33. The van der Waals surface area contributed by atoms with Crippen LogP contribution >= 0.6 is 11.6 Å². The number of nitrogens with one attached hydrogen (secondary N) is 1. The van der Waals surface area contributed by atoms with E-state index in [4.69, 9.17) is 16.3 Å². The predicted molar refractivity (Wildman–Crippen MR) is 109 cm³/mol. The highest BCUT2D eigenvalue weighted by Gasteiger charge is 2.18. The molecule has 0 spiro atoms. The summed E-state index contributed by atoms with van der Waals surface area (Å²) in [5.41, 5.74) is 2.56. The van der Waals surface area contributed by atoms with Crippen molar-refractivity contribution < 1.29 is 14.3 Å². The summed E-state index contributed by atoms with van der Waals surface area (Å²) >= 11 is 6.05. The van der Waals surface area contributed by atoms with Crippen molar-refractivity contribution in [2.24, 2.45) is 0 Å². The van der Waals surface area contributed by atoms with Gasteiger partial charge in [-0.25, -0.2) is 0 Å². The third-order valence-corrected chi connectivity index (χ3v) is 4.60. The maximum Gasteiger partial charge on any atom is 0.310 e. The lowest BCUT2D eigenvalue weighted by Gasteiger charge is -2.20. The number of ether oxygens (including phenoxy) is 1. The standard InChI is InChI=1S/C23H20ClNO3/c24-20-14-8-7-13-19(20)15-22(27)28-16-21(26)25-23(17-9-3-1-4-10-17)18-11-5-2-6-12-18/h1-14,23H,15-16H2,(H,25,26). The van der Waals surface area contributed by atoms with Gasteiger partial charge in [0.25, 0.3) is 5.91 Å². The van der Waals surface area contributed by atoms with E-state index in [-0.39, 0.29) is 25.0 Å². The topological polar surface area (TPSA) is 55.4 Å². The van der Waals surface area contributed by atoms with Gasteiger partial charge in [-0.1, -0.05) is 90.5 Å². The number of rotatable bonds is 7. The van der Waals surface area contributed by atoms with E-state index in [9.17, 15) is 9.59 Å². The number of benzene rings is 3. The molecule has 0 aliphatic rings. The zero-order chi connectivity index (χ0) is 19.8. The molecule has 0 saturated carbocycles. The van der Waals surface area contributed by atoms with Gasteiger partial charge >= 0.3 is 5.97 Å². The molecular formula is C23H20ClNO3. The van der Waals surface area contributed by atoms with Gasteiger partial charge in [0.05, 0.1) is 12.5 Å². The Morgan fingerprint density at radius 1 is 0.821 bits per heavy atom. The zero-order valence-corrected chi connectivity index (χ0v) is 15.9. The lowest BCUT2D eigenvalue weighted by atomic mass is 9.99. The Kier molecular flexibility index (Phi) is 6.82. The molecule has 1 N–H and O–H groups in total. The van der Waals surface area contributed by atoms with Gasteiger partial charge in [-0.3, -0.25) is 9.59 Å². The molecule has 0 aliphatic heterocycles. The van der Waals surface area contributed by atoms with E-state index in [2.05, 4.69) is 5.32 Å². The van der Waals surface area contributed by atoms with Gasteiger partial charge in [0.15, 0.2) is 6.61 Å². The SMILES string of the molecule is O=C(COC(=O)Cc1ccccc1Cl)NC(c1ccccc1)c1ccccc1. The number of hydrogen-bond acceptors (Lipinski definition) is 3. The van der Waals surface area contributed by atoms with Crippen molar-refractivity contribution in [1.29, 1.82) is 0 Å². The molecule has 3 rings (SSSR count). The lowest BCUT2D eigenvalue weighted by molar-refractivity contribution is -0.148. The summed E-state index contributed by atoms with van der Waals surface area (Å²) in [6, 6.07) is 26.0. The second kappa shape index (κ2) is 9.72. The van der Waals surface area contributed by atoms with Crippen LogP contribution in [0.2, 0.25) is 5.02 Å². The first kappa shape index (κ1) is 19.6. The van der Waals surface area contributed by atoms with Crippen LogP contribution in [0, 0.1) is 0 Å². The number of halogens is 1. The fourth-order valence-corrected chi connectivity index (χ4v) is 3.05. The third-order valence-electron chi connectivity index (χ3n) is 4.23. The molecule has 3 aromatic carbocycles. The van der Waals surface area contributed by atoms with E-state index in [1.54, 1.807) is 24.3 Å². The molecule has 0 aliphatic carbocycles. The van der Waals surface area contributed by atoms with Crippen LogP contribution in [0.4, 0.5) is 0 Å². The normalized spacial score (nSPS) is 10.5. The van der Waals surface area contributed by atoms with Gasteiger partial charge in [-0.15, -0.1) is 0 Å². The zero-order valence-electron chi connectivity index (χ0n) is 15.2. The average molecular weight is 394 g/mol. The first-order chi connectivity index (χ1) is 13.6. The molecule has 0 fully saturated rings. The summed E-state index contributed by atoms with van der Waals surface area (Å²) in [5.74, 6) is -0.871. The van der Waals surface area contributed by atoms with Crippen molar-refractivity contribution in [3.8, 4) is 0 Å². The maximum atomic E-state index is 12.4. The summed E-state index contributed by atoms with van der Waals surface area (Å²) in [5, 5.41) is 3.44. The minimum absolute atomic E-state index is 0.0216. The van der Waals surface area contributed by atoms with Crippen molar-refractivity contribution in [3.63, 3.8) is 0 Å². The Labute approximate surface area is 169 Å². The summed E-state index contributed by atoms with van der Waals surface area (Å²) in [6.45, 7) is -0.348. The van der Waals surface area contributed by atoms with Crippen molar-refractivity contribution in [2.75, 3.05) is 6.61 Å². The van der Waals surface area contributed by atoms with Crippen LogP contribution in [0.15, 0.2) is 84.9 Å². The summed E-state index contributed by atoms with van der Waals surface area (Å²) in [4.78, 5) is 24.4. The quantitative estimate of drug-likeness (QED) is 0.608. The van der Waals surface area contributed by atoms with Crippen LogP contribution in [-0.4, -0.2) is 18.5 Å². The second-order valence-corrected chi connectivity index (χ2v) is 6.66. The number of carbonyl (C=O) groups is 2. The fourth-order valence-electron chi connectivity index (χ4n) is 2.85. The molecule has 0 unspecified atom stereocenters. The molecule has 0 bridgehead atoms. The van der Waals surface area contributed by atoms with E-state index in [1.165, 1.54) is 0 Å². The van der Waals surface area contributed by atoms with Crippen molar-refractivity contribution >= 4 is 23.5 Å². The van der Waals surface area contributed by atoms with E-state index in [0.717, 1.165) is 11.1 Å². The molecule has 4 nitrogen and oxygen atoms in total. The lowest BCUT2D eigenvalue weighted by Crippen LogP contribution is -2.33. The number of esters is 1. The molecule has 0 radical (unpaired) electrons. The Bertz CT molecular complexity index is 889. The van der Waals surface area contributed by atoms with Crippen LogP contribution in [0.5, 0.6) is 0 Å². The minimum Gasteiger partial charge on any atom is -0.455 e. The Balaban J connectivity index is 1.61. The van der Waals surface area contributed by atoms with E-state index in [0.29, 0.717) is 10.6 Å². The first-order valence-electron chi connectivity index (χ1n) is 8.92. The smallest absolute Gasteiger partial charge is 0.310 e. The van der Waals surface area contributed by atoms with Crippen LogP contribution < -0.4 is 5.32 Å². The molecule has 28 heavy (non-hydrogen) atoms. The van der Waals surface area contributed by atoms with Crippen LogP contribution in [0.25, 0.3) is 0 Å². The summed E-state index contributed by atoms with van der Waals surface area (Å²) in [7, 11) is 0. The van der Waals surface area contributed by atoms with Gasteiger partial charge in [-0.05, 0) is 22.8 Å². The summed E-state index contributed by atoms with van der Waals surface area (Å²) in [6.07, 6.45) is 0.0216. The van der Waals surface area contributed by atoms with Gasteiger partial charge in [0.2, 0.25) is 0 Å². The third kappa shape index (κ3) is 5.44. The van der Waals surface area contributed by atoms with Crippen molar-refractivity contribution in [1.82, 2.24) is 5.32 Å². The molecule has 3 aromatic rings. The molecule has 142 valence electrons. The monoisotopic (exact) mass is 393 g/mol. The molecule has 0 heterocycles. The summed E-state index contributed by atoms with van der Waals surface area (Å²) < 4.78 is 5.13. The molecule has 0 aromatic heterocycles. The van der Waals surface area contributed by atoms with Gasteiger partial charge in [0.1, 0.15) is 0 Å². The van der Waals surface area contributed by atoms with Crippen molar-refractivity contribution in [2.45, 2.75) is 12.5 Å². The molecule has 5 heteroatoms. The molecular weight excluding hydrogens is 374 g/mol. The van der Waals surface area contributed by atoms with Gasteiger partial charge < -0.3 is 10.1 Å². The maximum absolute atomic E-state index is 12.4. The van der Waals surface area contributed by atoms with Gasteiger partial charge in [0, 0.05) is 5.02 Å². The van der Waals surface area contributed by atoms with Crippen LogP contribution in [0.3, 0.4) is 0 Å². The number of amides is 1.